The van der Waals surface area contributed by atoms with Gasteiger partial charge in [0.15, 0.2) is 0 Å². The minimum Gasteiger partial charge on any atom is -0.481 e. The average Bonchev–Trinajstić information content (AvgIpc) is 2.40. The summed E-state index contributed by atoms with van der Waals surface area (Å²) >= 11 is 11.8. The lowest BCUT2D eigenvalue weighted by atomic mass is 10.0. The van der Waals surface area contributed by atoms with Gasteiger partial charge in [0.1, 0.15) is 0 Å². The third kappa shape index (κ3) is 3.69. The summed E-state index contributed by atoms with van der Waals surface area (Å²) in [7, 11) is 0. The fourth-order valence-electron chi connectivity index (χ4n) is 1.88. The van der Waals surface area contributed by atoms with Crippen LogP contribution in [0.2, 0.25) is 10.0 Å². The van der Waals surface area contributed by atoms with Crippen LogP contribution in [0.15, 0.2) is 30.5 Å². The highest BCUT2D eigenvalue weighted by atomic mass is 35.5. The van der Waals surface area contributed by atoms with Crippen molar-refractivity contribution >= 4 is 29.2 Å². The number of hydrogen-bond acceptors (Lipinski definition) is 2. The monoisotopic (exact) mass is 349 g/mol. The van der Waals surface area contributed by atoms with E-state index in [9.17, 15) is 18.0 Å². The molecule has 0 saturated carbocycles. The van der Waals surface area contributed by atoms with E-state index in [0.717, 1.165) is 6.07 Å². The Bertz CT molecular complexity index is 733. The first-order valence-electron chi connectivity index (χ1n) is 5.92. The van der Waals surface area contributed by atoms with Crippen LogP contribution < -0.4 is 0 Å². The minimum atomic E-state index is -4.61. The van der Waals surface area contributed by atoms with Crippen LogP contribution in [0, 0.1) is 0 Å². The molecule has 0 aliphatic carbocycles. The van der Waals surface area contributed by atoms with Crippen molar-refractivity contribution in [2.75, 3.05) is 0 Å². The van der Waals surface area contributed by atoms with E-state index in [2.05, 4.69) is 4.98 Å². The molecule has 22 heavy (non-hydrogen) atoms. The molecule has 0 aliphatic heterocycles. The number of aromatic nitrogens is 1. The quantitative estimate of drug-likeness (QED) is 0.873. The molecule has 2 rings (SSSR count). The first-order chi connectivity index (χ1) is 10.2. The van der Waals surface area contributed by atoms with Crippen molar-refractivity contribution < 1.29 is 23.1 Å². The Morgan fingerprint density at radius 2 is 1.91 bits per heavy atom. The highest BCUT2D eigenvalue weighted by molar-refractivity contribution is 6.35. The molecule has 8 heteroatoms. The predicted octanol–water partition coefficient (Wildman–Crippen LogP) is 4.70. The predicted molar refractivity (Wildman–Crippen MR) is 76.0 cm³/mol. The molecule has 0 spiro atoms. The number of pyridine rings is 1. The van der Waals surface area contributed by atoms with Crippen molar-refractivity contribution in [2.24, 2.45) is 0 Å². The van der Waals surface area contributed by atoms with E-state index in [0.29, 0.717) is 11.2 Å². The van der Waals surface area contributed by atoms with Crippen LogP contribution >= 0.6 is 23.2 Å². The molecule has 1 aromatic carbocycles. The number of aliphatic carboxylic acids is 1. The van der Waals surface area contributed by atoms with E-state index in [1.807, 2.05) is 0 Å². The summed E-state index contributed by atoms with van der Waals surface area (Å²) in [6.45, 7) is 0. The van der Waals surface area contributed by atoms with Gasteiger partial charge in [-0.15, -0.1) is 0 Å². The van der Waals surface area contributed by atoms with E-state index in [1.165, 1.54) is 18.2 Å². The van der Waals surface area contributed by atoms with Crippen LogP contribution in [0.1, 0.15) is 11.1 Å². The second-order valence-corrected chi connectivity index (χ2v) is 5.27. The van der Waals surface area contributed by atoms with Gasteiger partial charge in [-0.1, -0.05) is 23.2 Å². The Morgan fingerprint density at radius 1 is 1.23 bits per heavy atom. The molecule has 1 aromatic heterocycles. The Kier molecular flexibility index (Phi) is 4.63. The fourth-order valence-corrected chi connectivity index (χ4v) is 2.26. The molecule has 0 fully saturated rings. The molecule has 0 saturated heterocycles. The van der Waals surface area contributed by atoms with E-state index in [4.69, 9.17) is 28.3 Å². The first kappa shape index (κ1) is 16.6. The third-order valence-corrected chi connectivity index (χ3v) is 3.38. The average molecular weight is 350 g/mol. The van der Waals surface area contributed by atoms with Crippen molar-refractivity contribution in [2.45, 2.75) is 12.6 Å². The number of alkyl halides is 3. The smallest absolute Gasteiger partial charge is 0.417 e. The molecular weight excluding hydrogens is 342 g/mol. The number of carboxylic acid groups (broad SMARTS) is 1. The maximum absolute atomic E-state index is 12.7. The van der Waals surface area contributed by atoms with Gasteiger partial charge in [-0.05, 0) is 29.8 Å². The van der Waals surface area contributed by atoms with Crippen LogP contribution in [-0.4, -0.2) is 16.1 Å². The van der Waals surface area contributed by atoms with Crippen molar-refractivity contribution in [3.8, 4) is 11.3 Å². The van der Waals surface area contributed by atoms with Gasteiger partial charge in [-0.25, -0.2) is 0 Å². The van der Waals surface area contributed by atoms with Crippen molar-refractivity contribution in [3.63, 3.8) is 0 Å². The van der Waals surface area contributed by atoms with Gasteiger partial charge in [0, 0.05) is 16.8 Å². The number of nitrogens with zero attached hydrogens (tertiary/aromatic N) is 1. The van der Waals surface area contributed by atoms with Crippen LogP contribution in [0.4, 0.5) is 13.2 Å². The first-order valence-corrected chi connectivity index (χ1v) is 6.67. The molecule has 0 atom stereocenters. The lowest BCUT2D eigenvalue weighted by Gasteiger charge is -2.13. The summed E-state index contributed by atoms with van der Waals surface area (Å²) in [5.41, 5.74) is -0.779. The summed E-state index contributed by atoms with van der Waals surface area (Å²) in [5, 5.41) is 9.41. The van der Waals surface area contributed by atoms with Gasteiger partial charge in [0.05, 0.1) is 22.7 Å². The SMILES string of the molecule is O=C(O)Cc1cc(C(F)(F)F)cnc1-c1cc(Cl)ccc1Cl. The number of halogens is 5. The van der Waals surface area contributed by atoms with Gasteiger partial charge in [-0.2, -0.15) is 13.2 Å². The van der Waals surface area contributed by atoms with Crippen molar-refractivity contribution in [1.29, 1.82) is 0 Å². The third-order valence-electron chi connectivity index (χ3n) is 2.82. The molecule has 116 valence electrons. The second kappa shape index (κ2) is 6.14. The Hall–Kier alpha value is -1.79. The van der Waals surface area contributed by atoms with E-state index < -0.39 is 24.1 Å². The molecule has 3 nitrogen and oxygen atoms in total. The zero-order chi connectivity index (χ0) is 16.5. The molecule has 2 aromatic rings. The molecule has 0 radical (unpaired) electrons. The van der Waals surface area contributed by atoms with Crippen LogP contribution in [0.3, 0.4) is 0 Å². The Balaban J connectivity index is 2.64. The summed E-state index contributed by atoms with van der Waals surface area (Å²) < 4.78 is 38.2. The largest absolute Gasteiger partial charge is 0.481 e. The fraction of sp³-hybridized carbons (Fsp3) is 0.143. The molecular formula is C14H8Cl2F3NO2. The highest BCUT2D eigenvalue weighted by Gasteiger charge is 2.32. The maximum atomic E-state index is 12.7. The molecule has 0 unspecified atom stereocenters. The summed E-state index contributed by atoms with van der Waals surface area (Å²) in [5.74, 6) is -1.28. The van der Waals surface area contributed by atoms with E-state index >= 15 is 0 Å². The highest BCUT2D eigenvalue weighted by Crippen LogP contribution is 2.35. The Labute approximate surface area is 133 Å². The minimum absolute atomic E-state index is 0.0582. The normalized spacial score (nSPS) is 11.5. The van der Waals surface area contributed by atoms with Crippen molar-refractivity contribution in [3.05, 3.63) is 51.6 Å². The molecule has 1 heterocycles. The van der Waals surface area contributed by atoms with E-state index in [1.54, 1.807) is 0 Å². The van der Waals surface area contributed by atoms with Crippen LogP contribution in [-0.2, 0) is 17.4 Å². The van der Waals surface area contributed by atoms with Crippen molar-refractivity contribution in [1.82, 2.24) is 4.98 Å². The number of carboxylic acids is 1. The zero-order valence-corrected chi connectivity index (χ0v) is 12.3. The summed E-state index contributed by atoms with van der Waals surface area (Å²) in [6.07, 6.45) is -4.59. The summed E-state index contributed by atoms with van der Waals surface area (Å²) in [6, 6.07) is 5.15. The summed E-state index contributed by atoms with van der Waals surface area (Å²) in [4.78, 5) is 14.6. The van der Waals surface area contributed by atoms with E-state index in [-0.39, 0.29) is 21.8 Å². The standard InChI is InChI=1S/C14H8Cl2F3NO2/c15-9-1-2-11(16)10(5-9)13-7(4-12(21)22)3-8(6-20-13)14(17,18)19/h1-3,5-6H,4H2,(H,21,22). The number of hydrogen-bond donors (Lipinski definition) is 1. The zero-order valence-electron chi connectivity index (χ0n) is 10.8. The number of rotatable bonds is 3. The maximum Gasteiger partial charge on any atom is 0.417 e. The molecule has 0 amide bonds. The topological polar surface area (TPSA) is 50.2 Å². The number of benzene rings is 1. The molecule has 1 N–H and O–H groups in total. The Morgan fingerprint density at radius 3 is 2.50 bits per heavy atom. The van der Waals surface area contributed by atoms with Gasteiger partial charge < -0.3 is 5.11 Å². The van der Waals surface area contributed by atoms with Gasteiger partial charge >= 0.3 is 12.1 Å². The molecule has 0 aliphatic rings. The lowest BCUT2D eigenvalue weighted by molar-refractivity contribution is -0.139. The second-order valence-electron chi connectivity index (χ2n) is 4.42. The van der Waals surface area contributed by atoms with Crippen LogP contribution in [0.25, 0.3) is 11.3 Å². The molecule has 0 bridgehead atoms. The number of carbonyl (C=O) groups is 1. The van der Waals surface area contributed by atoms with Crippen LogP contribution in [0.5, 0.6) is 0 Å². The lowest BCUT2D eigenvalue weighted by Crippen LogP contribution is -2.10. The van der Waals surface area contributed by atoms with Gasteiger partial charge in [-0.3, -0.25) is 9.78 Å². The van der Waals surface area contributed by atoms with Gasteiger partial charge in [0.2, 0.25) is 0 Å². The van der Waals surface area contributed by atoms with Gasteiger partial charge in [0.25, 0.3) is 0 Å².